The third-order valence-electron chi connectivity index (χ3n) is 3.78. The molecule has 0 bridgehead atoms. The number of alkyl halides is 3. The van der Waals surface area contributed by atoms with Gasteiger partial charge in [0.25, 0.3) is 5.91 Å². The molecule has 25 heavy (non-hydrogen) atoms. The van der Waals surface area contributed by atoms with Crippen molar-refractivity contribution in [3.63, 3.8) is 0 Å². The van der Waals surface area contributed by atoms with E-state index in [1.807, 2.05) is 24.3 Å². The maximum Gasteiger partial charge on any atom is 0.416 e. The molecule has 0 aliphatic rings. The first kappa shape index (κ1) is 16.8. The molecule has 1 aromatic heterocycles. The van der Waals surface area contributed by atoms with Crippen molar-refractivity contribution in [3.05, 3.63) is 71.4 Å². The van der Waals surface area contributed by atoms with Gasteiger partial charge in [-0.1, -0.05) is 30.3 Å². The summed E-state index contributed by atoms with van der Waals surface area (Å²) in [4.78, 5) is 12.2. The third-order valence-corrected chi connectivity index (χ3v) is 3.78. The SMILES string of the molecule is Cn1c(C(=O)N/N=C/c2cccc(C(F)(F)F)c2)cc2ccccc21. The third kappa shape index (κ3) is 3.55. The minimum absolute atomic E-state index is 0.243. The Hall–Kier alpha value is -3.09. The number of carbonyl (C=O) groups is 1. The van der Waals surface area contributed by atoms with Gasteiger partial charge in [-0.05, 0) is 29.8 Å². The van der Waals surface area contributed by atoms with E-state index < -0.39 is 17.6 Å². The quantitative estimate of drug-likeness (QED) is 0.567. The lowest BCUT2D eigenvalue weighted by atomic mass is 10.1. The van der Waals surface area contributed by atoms with Crippen molar-refractivity contribution < 1.29 is 18.0 Å². The van der Waals surface area contributed by atoms with Crippen molar-refractivity contribution in [2.45, 2.75) is 6.18 Å². The molecule has 0 spiro atoms. The highest BCUT2D eigenvalue weighted by molar-refractivity contribution is 5.99. The second kappa shape index (κ2) is 6.43. The van der Waals surface area contributed by atoms with Crippen molar-refractivity contribution in [2.75, 3.05) is 0 Å². The molecule has 1 amide bonds. The van der Waals surface area contributed by atoms with Crippen LogP contribution in [0.4, 0.5) is 13.2 Å². The van der Waals surface area contributed by atoms with Crippen LogP contribution in [0.25, 0.3) is 10.9 Å². The number of aromatic nitrogens is 1. The zero-order valence-corrected chi connectivity index (χ0v) is 13.2. The van der Waals surface area contributed by atoms with Crippen LogP contribution in [0.3, 0.4) is 0 Å². The number of hydrogen-bond donors (Lipinski definition) is 1. The maximum absolute atomic E-state index is 12.7. The van der Waals surface area contributed by atoms with E-state index in [0.717, 1.165) is 23.0 Å². The van der Waals surface area contributed by atoms with Gasteiger partial charge in [0.1, 0.15) is 5.69 Å². The van der Waals surface area contributed by atoms with Gasteiger partial charge in [-0.3, -0.25) is 4.79 Å². The lowest BCUT2D eigenvalue weighted by Crippen LogP contribution is -2.20. The average molecular weight is 345 g/mol. The largest absolute Gasteiger partial charge is 0.416 e. The number of rotatable bonds is 3. The van der Waals surface area contributed by atoms with Crippen molar-refractivity contribution in [1.29, 1.82) is 0 Å². The number of benzene rings is 2. The van der Waals surface area contributed by atoms with Gasteiger partial charge in [-0.2, -0.15) is 18.3 Å². The number of hydrogen-bond acceptors (Lipinski definition) is 2. The number of fused-ring (bicyclic) bond motifs is 1. The molecule has 0 aliphatic heterocycles. The molecule has 4 nitrogen and oxygen atoms in total. The second-order valence-electron chi connectivity index (χ2n) is 5.47. The molecule has 3 rings (SSSR count). The van der Waals surface area contributed by atoms with Crippen LogP contribution in [-0.2, 0) is 13.2 Å². The van der Waals surface area contributed by atoms with Crippen molar-refractivity contribution in [1.82, 2.24) is 9.99 Å². The second-order valence-corrected chi connectivity index (χ2v) is 5.47. The monoisotopic (exact) mass is 345 g/mol. The van der Waals surface area contributed by atoms with Gasteiger partial charge >= 0.3 is 6.18 Å². The Balaban J connectivity index is 1.75. The average Bonchev–Trinajstić information content (AvgIpc) is 2.92. The summed E-state index contributed by atoms with van der Waals surface area (Å²) in [6.07, 6.45) is -3.24. The minimum Gasteiger partial charge on any atom is -0.340 e. The van der Waals surface area contributed by atoms with Crippen LogP contribution in [0.5, 0.6) is 0 Å². The Morgan fingerprint density at radius 3 is 2.60 bits per heavy atom. The minimum atomic E-state index is -4.42. The van der Waals surface area contributed by atoms with E-state index in [2.05, 4.69) is 10.5 Å². The smallest absolute Gasteiger partial charge is 0.340 e. The molecule has 3 aromatic rings. The summed E-state index contributed by atoms with van der Waals surface area (Å²) in [5, 5.41) is 4.66. The van der Waals surface area contributed by atoms with Crippen LogP contribution < -0.4 is 5.43 Å². The Bertz CT molecular complexity index is 958. The Kier molecular flexibility index (Phi) is 4.31. The molecule has 7 heteroatoms. The topological polar surface area (TPSA) is 46.4 Å². The number of amides is 1. The van der Waals surface area contributed by atoms with E-state index >= 15 is 0 Å². The van der Waals surface area contributed by atoms with E-state index in [1.54, 1.807) is 17.7 Å². The fraction of sp³-hybridized carbons (Fsp3) is 0.111. The Morgan fingerprint density at radius 2 is 1.88 bits per heavy atom. The summed E-state index contributed by atoms with van der Waals surface area (Å²) in [5.41, 5.74) is 3.11. The van der Waals surface area contributed by atoms with Crippen LogP contribution >= 0.6 is 0 Å². The van der Waals surface area contributed by atoms with Crippen molar-refractivity contribution in [3.8, 4) is 0 Å². The molecule has 0 atom stereocenters. The summed E-state index contributed by atoms with van der Waals surface area (Å²) < 4.78 is 39.7. The van der Waals surface area contributed by atoms with Crippen LogP contribution in [0.15, 0.2) is 59.7 Å². The molecule has 128 valence electrons. The highest BCUT2D eigenvalue weighted by atomic mass is 19.4. The lowest BCUT2D eigenvalue weighted by Gasteiger charge is -2.06. The molecule has 0 radical (unpaired) electrons. The lowest BCUT2D eigenvalue weighted by molar-refractivity contribution is -0.137. The summed E-state index contributed by atoms with van der Waals surface area (Å²) >= 11 is 0. The molecular formula is C18H14F3N3O. The van der Waals surface area contributed by atoms with Gasteiger partial charge in [0.05, 0.1) is 11.8 Å². The molecule has 1 N–H and O–H groups in total. The summed E-state index contributed by atoms with van der Waals surface area (Å²) in [5.74, 6) is -0.443. The summed E-state index contributed by atoms with van der Waals surface area (Å²) in [6, 6.07) is 13.9. The Morgan fingerprint density at radius 1 is 1.12 bits per heavy atom. The first-order valence-corrected chi connectivity index (χ1v) is 7.41. The molecule has 1 heterocycles. The first-order chi connectivity index (χ1) is 11.9. The van der Waals surface area contributed by atoms with E-state index in [-0.39, 0.29) is 5.56 Å². The van der Waals surface area contributed by atoms with Crippen molar-refractivity contribution in [2.24, 2.45) is 12.1 Å². The van der Waals surface area contributed by atoms with Gasteiger partial charge in [0, 0.05) is 18.0 Å². The summed E-state index contributed by atoms with van der Waals surface area (Å²) in [7, 11) is 1.76. The molecule has 0 aliphatic carbocycles. The molecule has 2 aromatic carbocycles. The highest BCUT2D eigenvalue weighted by Crippen LogP contribution is 2.29. The van der Waals surface area contributed by atoms with E-state index in [9.17, 15) is 18.0 Å². The van der Waals surface area contributed by atoms with Gasteiger partial charge in [0.2, 0.25) is 0 Å². The fourth-order valence-corrected chi connectivity index (χ4v) is 2.52. The normalized spacial score (nSPS) is 12.0. The van der Waals surface area contributed by atoms with Crippen molar-refractivity contribution >= 4 is 23.0 Å². The molecule has 0 saturated carbocycles. The zero-order chi connectivity index (χ0) is 18.0. The van der Waals surface area contributed by atoms with Gasteiger partial charge in [-0.15, -0.1) is 0 Å². The van der Waals surface area contributed by atoms with E-state index in [0.29, 0.717) is 5.69 Å². The maximum atomic E-state index is 12.7. The summed E-state index contributed by atoms with van der Waals surface area (Å²) in [6.45, 7) is 0. The molecular weight excluding hydrogens is 331 g/mol. The standard InChI is InChI=1S/C18H14F3N3O/c1-24-15-8-3-2-6-13(15)10-16(24)17(25)23-22-11-12-5-4-7-14(9-12)18(19,20)21/h2-11H,1H3,(H,23,25)/b22-11+. The van der Waals surface area contributed by atoms with Crippen LogP contribution in [-0.4, -0.2) is 16.7 Å². The molecule has 0 unspecified atom stereocenters. The first-order valence-electron chi connectivity index (χ1n) is 7.41. The van der Waals surface area contributed by atoms with E-state index in [4.69, 9.17) is 0 Å². The number of aryl methyl sites for hydroxylation is 1. The number of nitrogens with one attached hydrogen (secondary N) is 1. The van der Waals surface area contributed by atoms with Gasteiger partial charge in [0.15, 0.2) is 0 Å². The van der Waals surface area contributed by atoms with Gasteiger partial charge in [-0.25, -0.2) is 5.43 Å². The predicted molar refractivity (Wildman–Crippen MR) is 89.4 cm³/mol. The van der Waals surface area contributed by atoms with Gasteiger partial charge < -0.3 is 4.57 Å². The predicted octanol–water partition coefficient (Wildman–Crippen LogP) is 3.96. The molecule has 0 saturated heterocycles. The van der Waals surface area contributed by atoms with Crippen LogP contribution in [0.2, 0.25) is 0 Å². The zero-order valence-electron chi connectivity index (χ0n) is 13.2. The Labute approximate surface area is 141 Å². The fourth-order valence-electron chi connectivity index (χ4n) is 2.52. The molecule has 0 fully saturated rings. The number of carbonyl (C=O) groups excluding carboxylic acids is 1. The highest BCUT2D eigenvalue weighted by Gasteiger charge is 2.30. The number of para-hydroxylation sites is 1. The number of nitrogens with zero attached hydrogens (tertiary/aromatic N) is 2. The number of hydrazone groups is 1. The van der Waals surface area contributed by atoms with Crippen LogP contribution in [0, 0.1) is 0 Å². The van der Waals surface area contributed by atoms with Crippen LogP contribution in [0.1, 0.15) is 21.6 Å². The van der Waals surface area contributed by atoms with E-state index in [1.165, 1.54) is 18.3 Å². The number of halogens is 3.